The predicted molar refractivity (Wildman–Crippen MR) is 130 cm³/mol. The van der Waals surface area contributed by atoms with Gasteiger partial charge in [-0.1, -0.05) is 18.5 Å². The van der Waals surface area contributed by atoms with Gasteiger partial charge in [0, 0.05) is 46.2 Å². The zero-order valence-electron chi connectivity index (χ0n) is 19.4. The lowest BCUT2D eigenvalue weighted by Crippen LogP contribution is -2.42. The second-order valence-corrected chi connectivity index (χ2v) is 9.57. The monoisotopic (exact) mass is 459 g/mol. The number of carbonyl (C=O) groups is 1. The van der Waals surface area contributed by atoms with Crippen molar-refractivity contribution in [2.75, 3.05) is 11.9 Å². The van der Waals surface area contributed by atoms with E-state index in [9.17, 15) is 14.7 Å². The topological polar surface area (TPSA) is 94.2 Å². The molecule has 174 valence electrons. The van der Waals surface area contributed by atoms with Crippen molar-refractivity contribution in [3.63, 3.8) is 0 Å². The van der Waals surface area contributed by atoms with Gasteiger partial charge in [0.05, 0.1) is 0 Å². The Hall–Kier alpha value is -2.31. The van der Waals surface area contributed by atoms with Crippen LogP contribution in [0.4, 0.5) is 5.69 Å². The van der Waals surface area contributed by atoms with Crippen molar-refractivity contribution in [2.24, 2.45) is 5.92 Å². The van der Waals surface area contributed by atoms with E-state index in [2.05, 4.69) is 22.5 Å². The van der Waals surface area contributed by atoms with Gasteiger partial charge < -0.3 is 20.7 Å². The lowest BCUT2D eigenvalue weighted by Gasteiger charge is -2.41. The molecule has 2 aromatic rings. The summed E-state index contributed by atoms with van der Waals surface area (Å²) in [5.74, 6) is 0.105. The number of H-pyrrole nitrogens is 1. The van der Waals surface area contributed by atoms with Gasteiger partial charge >= 0.3 is 0 Å². The zero-order chi connectivity index (χ0) is 23.5. The molecule has 1 aliphatic carbocycles. The van der Waals surface area contributed by atoms with Crippen molar-refractivity contribution in [1.29, 1.82) is 0 Å². The maximum atomic E-state index is 13.0. The third-order valence-corrected chi connectivity index (χ3v) is 7.15. The van der Waals surface area contributed by atoms with Crippen LogP contribution in [0, 0.1) is 26.7 Å². The maximum Gasteiger partial charge on any atom is 0.253 e. The third kappa shape index (κ3) is 5.36. The van der Waals surface area contributed by atoms with Crippen molar-refractivity contribution in [2.45, 2.75) is 71.9 Å². The van der Waals surface area contributed by atoms with Crippen molar-refractivity contribution in [3.05, 3.63) is 61.5 Å². The van der Waals surface area contributed by atoms with Crippen LogP contribution in [0.2, 0.25) is 5.02 Å². The van der Waals surface area contributed by atoms with Gasteiger partial charge in [-0.15, -0.1) is 0 Å². The fourth-order valence-electron chi connectivity index (χ4n) is 4.68. The van der Waals surface area contributed by atoms with E-state index in [1.165, 1.54) is 0 Å². The number of amides is 1. The molecule has 0 radical (unpaired) electrons. The molecule has 1 aromatic heterocycles. The highest BCUT2D eigenvalue weighted by Gasteiger charge is 2.34. The lowest BCUT2D eigenvalue weighted by molar-refractivity contribution is 0.0950. The molecule has 0 unspecified atom stereocenters. The third-order valence-electron chi connectivity index (χ3n) is 6.93. The Balaban J connectivity index is 1.80. The van der Waals surface area contributed by atoms with Gasteiger partial charge in [0.1, 0.15) is 0 Å². The summed E-state index contributed by atoms with van der Waals surface area (Å²) in [5.41, 5.74) is 4.12. The average Bonchev–Trinajstić information content (AvgIpc) is 2.75. The number of benzene rings is 1. The van der Waals surface area contributed by atoms with E-state index in [1.807, 2.05) is 32.9 Å². The predicted octanol–water partition coefficient (Wildman–Crippen LogP) is 4.63. The van der Waals surface area contributed by atoms with Crippen LogP contribution in [0.15, 0.2) is 23.0 Å². The molecule has 1 heterocycles. The second kappa shape index (κ2) is 10.1. The molecule has 3 rings (SSSR count). The molecule has 0 spiro atoms. The molecule has 0 aliphatic heterocycles. The Labute approximate surface area is 194 Å². The van der Waals surface area contributed by atoms with Crippen LogP contribution < -0.4 is 16.2 Å². The Kier molecular flexibility index (Phi) is 7.67. The molecular weight excluding hydrogens is 426 g/mol. The van der Waals surface area contributed by atoms with Gasteiger partial charge in [-0.25, -0.2) is 0 Å². The summed E-state index contributed by atoms with van der Waals surface area (Å²) in [6.45, 7) is 8.17. The van der Waals surface area contributed by atoms with Gasteiger partial charge in [-0.3, -0.25) is 9.59 Å². The SMILES string of the molecule is CCC1(Nc2cc(Cl)cc(C(=O)NCc3c(C)cc(C)[nH]c3=O)c2C)CCC(CO)CC1. The largest absolute Gasteiger partial charge is 0.396 e. The molecule has 1 aliphatic rings. The first-order chi connectivity index (χ1) is 15.2. The van der Waals surface area contributed by atoms with Crippen LogP contribution >= 0.6 is 11.6 Å². The molecule has 7 heteroatoms. The van der Waals surface area contributed by atoms with Crippen LogP contribution in [0.25, 0.3) is 0 Å². The number of hydrogen-bond donors (Lipinski definition) is 4. The first-order valence-electron chi connectivity index (χ1n) is 11.3. The maximum absolute atomic E-state index is 13.0. The minimum Gasteiger partial charge on any atom is -0.396 e. The quantitative estimate of drug-likeness (QED) is 0.485. The van der Waals surface area contributed by atoms with E-state index in [0.717, 1.165) is 54.6 Å². The summed E-state index contributed by atoms with van der Waals surface area (Å²) in [5, 5.41) is 16.5. The lowest BCUT2D eigenvalue weighted by atomic mass is 9.75. The van der Waals surface area contributed by atoms with Crippen molar-refractivity contribution in [3.8, 4) is 0 Å². The minimum atomic E-state index is -0.262. The van der Waals surface area contributed by atoms with Gasteiger partial charge in [-0.2, -0.15) is 0 Å². The number of aromatic amines is 1. The second-order valence-electron chi connectivity index (χ2n) is 9.14. The molecule has 0 atom stereocenters. The number of aliphatic hydroxyl groups is 1. The number of rotatable bonds is 7. The molecule has 1 saturated carbocycles. The number of carbonyl (C=O) groups excluding carboxylic acids is 1. The molecular formula is C25H34ClN3O3. The zero-order valence-corrected chi connectivity index (χ0v) is 20.2. The van der Waals surface area contributed by atoms with E-state index in [4.69, 9.17) is 11.6 Å². The summed E-state index contributed by atoms with van der Waals surface area (Å²) in [6.07, 6.45) is 4.85. The molecule has 1 amide bonds. The van der Waals surface area contributed by atoms with E-state index < -0.39 is 0 Å². The molecule has 1 fully saturated rings. The fourth-order valence-corrected chi connectivity index (χ4v) is 4.89. The van der Waals surface area contributed by atoms with Crippen molar-refractivity contribution in [1.82, 2.24) is 10.3 Å². The van der Waals surface area contributed by atoms with E-state index in [1.54, 1.807) is 6.07 Å². The molecule has 1 aromatic carbocycles. The van der Waals surface area contributed by atoms with Crippen LogP contribution in [-0.4, -0.2) is 28.1 Å². The van der Waals surface area contributed by atoms with E-state index >= 15 is 0 Å². The molecule has 6 nitrogen and oxygen atoms in total. The summed E-state index contributed by atoms with van der Waals surface area (Å²) in [7, 11) is 0. The van der Waals surface area contributed by atoms with Gasteiger partial charge in [0.25, 0.3) is 11.5 Å². The number of pyridine rings is 1. The van der Waals surface area contributed by atoms with Crippen LogP contribution in [0.1, 0.15) is 71.8 Å². The number of anilines is 1. The molecule has 32 heavy (non-hydrogen) atoms. The highest BCUT2D eigenvalue weighted by molar-refractivity contribution is 6.31. The number of aryl methyl sites for hydroxylation is 2. The number of nitrogens with one attached hydrogen (secondary N) is 3. The van der Waals surface area contributed by atoms with Gasteiger partial charge in [-0.05, 0) is 88.1 Å². The average molecular weight is 460 g/mol. The Bertz CT molecular complexity index is 1040. The van der Waals surface area contributed by atoms with Crippen LogP contribution in [0.3, 0.4) is 0 Å². The standard InChI is InChI=1S/C25H34ClN3O3/c1-5-25(8-6-18(14-30)7-9-25)29-22-12-19(26)11-20(17(22)4)23(31)27-13-21-15(2)10-16(3)28-24(21)32/h10-12,18,29-30H,5-9,13-14H2,1-4H3,(H,27,31)(H,28,32). The first-order valence-corrected chi connectivity index (χ1v) is 11.7. The number of hydrogen-bond acceptors (Lipinski definition) is 4. The van der Waals surface area contributed by atoms with Crippen molar-refractivity contribution >= 4 is 23.2 Å². The Morgan fingerprint density at radius 1 is 1.22 bits per heavy atom. The molecule has 0 saturated heterocycles. The normalized spacial score (nSPS) is 20.8. The Morgan fingerprint density at radius 3 is 2.50 bits per heavy atom. The van der Waals surface area contributed by atoms with Crippen LogP contribution in [0.5, 0.6) is 0 Å². The fraction of sp³-hybridized carbons (Fsp3) is 0.520. The molecule has 0 bridgehead atoms. The summed E-state index contributed by atoms with van der Waals surface area (Å²) >= 11 is 6.39. The Morgan fingerprint density at radius 2 is 1.91 bits per heavy atom. The number of aromatic nitrogens is 1. The first kappa shape index (κ1) is 24.3. The highest BCUT2D eigenvalue weighted by atomic mass is 35.5. The van der Waals surface area contributed by atoms with Gasteiger partial charge in [0.2, 0.25) is 0 Å². The minimum absolute atomic E-state index is 0.0683. The smallest absolute Gasteiger partial charge is 0.253 e. The van der Waals surface area contributed by atoms with E-state index in [-0.39, 0.29) is 30.2 Å². The molecule has 4 N–H and O–H groups in total. The number of halogens is 1. The van der Waals surface area contributed by atoms with E-state index in [0.29, 0.717) is 22.1 Å². The number of aliphatic hydroxyl groups excluding tert-OH is 1. The van der Waals surface area contributed by atoms with Crippen LogP contribution in [-0.2, 0) is 6.54 Å². The summed E-state index contributed by atoms with van der Waals surface area (Å²) < 4.78 is 0. The van der Waals surface area contributed by atoms with Crippen molar-refractivity contribution < 1.29 is 9.90 Å². The highest BCUT2D eigenvalue weighted by Crippen LogP contribution is 2.38. The van der Waals surface area contributed by atoms with Gasteiger partial charge in [0.15, 0.2) is 0 Å². The summed E-state index contributed by atoms with van der Waals surface area (Å²) in [6, 6.07) is 5.44. The summed E-state index contributed by atoms with van der Waals surface area (Å²) in [4.78, 5) is 28.1.